The van der Waals surface area contributed by atoms with E-state index in [4.69, 9.17) is 11.6 Å². The molecule has 0 spiro atoms. The molecule has 0 saturated carbocycles. The van der Waals surface area contributed by atoms with E-state index in [9.17, 15) is 0 Å². The number of hydrogen-bond acceptors (Lipinski definition) is 3. The third-order valence-corrected chi connectivity index (χ3v) is 3.69. The Bertz CT molecular complexity index is 470. The lowest BCUT2D eigenvalue weighted by Gasteiger charge is -1.99. The second kappa shape index (κ2) is 4.12. The fourth-order valence-electron chi connectivity index (χ4n) is 1.11. The number of halogens is 2. The predicted octanol–water partition coefficient (Wildman–Crippen LogP) is 3.77. The molecular weight excluding hydrogens is 331 g/mol. The predicted molar refractivity (Wildman–Crippen MR) is 67.8 cm³/mol. The molecule has 0 aliphatic carbocycles. The van der Waals surface area contributed by atoms with E-state index in [0.717, 1.165) is 24.2 Å². The van der Waals surface area contributed by atoms with Gasteiger partial charge >= 0.3 is 0 Å². The Labute approximate surface area is 104 Å². The second-order valence-corrected chi connectivity index (χ2v) is 5.98. The maximum atomic E-state index is 6.11. The molecule has 0 bridgehead atoms. The van der Waals surface area contributed by atoms with E-state index in [1.54, 1.807) is 11.3 Å². The van der Waals surface area contributed by atoms with Crippen molar-refractivity contribution in [3.8, 4) is 10.6 Å². The van der Waals surface area contributed by atoms with Gasteiger partial charge in [0.05, 0.1) is 5.02 Å². The van der Waals surface area contributed by atoms with Crippen molar-refractivity contribution < 1.29 is 0 Å². The summed E-state index contributed by atoms with van der Waals surface area (Å²) in [5.74, 6) is 0. The van der Waals surface area contributed by atoms with E-state index in [0.29, 0.717) is 0 Å². The summed E-state index contributed by atoms with van der Waals surface area (Å²) in [4.78, 5) is 0. The van der Waals surface area contributed by atoms with Gasteiger partial charge in [-0.05, 0) is 41.1 Å². The van der Waals surface area contributed by atoms with Crippen molar-refractivity contribution in [2.75, 3.05) is 0 Å². The summed E-state index contributed by atoms with van der Waals surface area (Å²) < 4.78 is 0.925. The highest BCUT2D eigenvalue weighted by Crippen LogP contribution is 2.31. The fourth-order valence-corrected chi connectivity index (χ4v) is 2.83. The van der Waals surface area contributed by atoms with Gasteiger partial charge in [-0.15, -0.1) is 10.2 Å². The van der Waals surface area contributed by atoms with Crippen molar-refractivity contribution in [1.29, 1.82) is 0 Å². The van der Waals surface area contributed by atoms with Gasteiger partial charge < -0.3 is 0 Å². The molecule has 2 nitrogen and oxygen atoms in total. The zero-order valence-electron chi connectivity index (χ0n) is 7.29. The monoisotopic (exact) mass is 336 g/mol. The number of rotatable bonds is 1. The van der Waals surface area contributed by atoms with Gasteiger partial charge in [0.25, 0.3) is 0 Å². The van der Waals surface area contributed by atoms with Crippen LogP contribution in [0.1, 0.15) is 5.56 Å². The van der Waals surface area contributed by atoms with Crippen molar-refractivity contribution in [3.63, 3.8) is 0 Å². The first-order chi connectivity index (χ1) is 6.66. The number of nitrogens with zero attached hydrogens (tertiary/aromatic N) is 2. The number of aryl methyl sites for hydroxylation is 1. The highest BCUT2D eigenvalue weighted by atomic mass is 127. The molecule has 0 unspecified atom stereocenters. The molecule has 72 valence electrons. The molecule has 0 fully saturated rings. The summed E-state index contributed by atoms with van der Waals surface area (Å²) in [6.45, 7) is 2.01. The molecule has 2 rings (SSSR count). The van der Waals surface area contributed by atoms with Crippen LogP contribution in [-0.4, -0.2) is 10.2 Å². The van der Waals surface area contributed by atoms with Crippen molar-refractivity contribution in [2.45, 2.75) is 6.92 Å². The molecule has 1 aromatic carbocycles. The quantitative estimate of drug-likeness (QED) is 0.741. The summed E-state index contributed by atoms with van der Waals surface area (Å²) in [6.07, 6.45) is 0. The molecule has 0 N–H and O–H groups in total. The maximum Gasteiger partial charge on any atom is 0.178 e. The first-order valence-electron chi connectivity index (χ1n) is 3.92. The van der Waals surface area contributed by atoms with Crippen LogP contribution in [0.5, 0.6) is 0 Å². The van der Waals surface area contributed by atoms with E-state index in [2.05, 4.69) is 32.8 Å². The van der Waals surface area contributed by atoms with Gasteiger partial charge in [-0.1, -0.05) is 35.1 Å². The average Bonchev–Trinajstić information content (AvgIpc) is 2.51. The van der Waals surface area contributed by atoms with Crippen molar-refractivity contribution in [2.24, 2.45) is 0 Å². The Morgan fingerprint density at radius 3 is 2.71 bits per heavy atom. The molecule has 0 saturated heterocycles. The molecule has 2 aromatic rings. The molecule has 1 aromatic heterocycles. The molecule has 1 heterocycles. The van der Waals surface area contributed by atoms with Crippen LogP contribution in [0, 0.1) is 9.94 Å². The molecule has 0 atom stereocenters. The van der Waals surface area contributed by atoms with Gasteiger partial charge in [0.1, 0.15) is 5.01 Å². The smallest absolute Gasteiger partial charge is 0.137 e. The van der Waals surface area contributed by atoms with Gasteiger partial charge in [0.15, 0.2) is 3.01 Å². The standard InChI is InChI=1S/C9H6ClIN2S/c1-5-2-3-6(7(10)4-5)8-12-13-9(11)14-8/h2-4H,1H3. The normalized spacial score (nSPS) is 10.5. The molecular formula is C9H6ClIN2S. The van der Waals surface area contributed by atoms with Crippen molar-refractivity contribution >= 4 is 45.5 Å². The Kier molecular flexibility index (Phi) is 3.04. The maximum absolute atomic E-state index is 6.11. The van der Waals surface area contributed by atoms with E-state index < -0.39 is 0 Å². The summed E-state index contributed by atoms with van der Waals surface area (Å²) in [5, 5.41) is 9.61. The van der Waals surface area contributed by atoms with Gasteiger partial charge in [-0.25, -0.2) is 0 Å². The second-order valence-electron chi connectivity index (χ2n) is 2.84. The highest BCUT2D eigenvalue weighted by Gasteiger charge is 2.08. The fraction of sp³-hybridized carbons (Fsp3) is 0.111. The summed E-state index contributed by atoms with van der Waals surface area (Å²) >= 11 is 9.80. The van der Waals surface area contributed by atoms with Gasteiger partial charge in [-0.3, -0.25) is 0 Å². The van der Waals surface area contributed by atoms with E-state index in [1.807, 2.05) is 25.1 Å². The SMILES string of the molecule is Cc1ccc(-c2nnc(I)s2)c(Cl)c1. The van der Waals surface area contributed by atoms with E-state index >= 15 is 0 Å². The Morgan fingerprint density at radius 2 is 2.14 bits per heavy atom. The first-order valence-corrected chi connectivity index (χ1v) is 6.19. The van der Waals surface area contributed by atoms with Crippen LogP contribution >= 0.6 is 45.5 Å². The Hall–Kier alpha value is -0.200. The molecule has 0 aliphatic rings. The topological polar surface area (TPSA) is 25.8 Å². The lowest BCUT2D eigenvalue weighted by molar-refractivity contribution is 1.07. The van der Waals surface area contributed by atoms with Crippen LogP contribution in [0.15, 0.2) is 18.2 Å². The lowest BCUT2D eigenvalue weighted by Crippen LogP contribution is -1.80. The van der Waals surface area contributed by atoms with Crippen LogP contribution < -0.4 is 0 Å². The van der Waals surface area contributed by atoms with Gasteiger partial charge in [0, 0.05) is 5.56 Å². The summed E-state index contributed by atoms with van der Waals surface area (Å²) in [5.41, 5.74) is 2.11. The Balaban J connectivity index is 2.52. The van der Waals surface area contributed by atoms with Crippen molar-refractivity contribution in [1.82, 2.24) is 10.2 Å². The lowest BCUT2D eigenvalue weighted by atomic mass is 10.2. The average molecular weight is 337 g/mol. The molecule has 0 aliphatic heterocycles. The Morgan fingerprint density at radius 1 is 1.36 bits per heavy atom. The zero-order valence-corrected chi connectivity index (χ0v) is 11.0. The molecule has 0 radical (unpaired) electrons. The van der Waals surface area contributed by atoms with Gasteiger partial charge in [0.2, 0.25) is 0 Å². The summed E-state index contributed by atoms with van der Waals surface area (Å²) in [6, 6.07) is 5.94. The van der Waals surface area contributed by atoms with Gasteiger partial charge in [-0.2, -0.15) is 0 Å². The molecule has 0 amide bonds. The number of hydrogen-bond donors (Lipinski definition) is 0. The molecule has 14 heavy (non-hydrogen) atoms. The van der Waals surface area contributed by atoms with Crippen LogP contribution in [0.2, 0.25) is 5.02 Å². The number of aromatic nitrogens is 2. The largest absolute Gasteiger partial charge is 0.178 e. The third kappa shape index (κ3) is 2.07. The van der Waals surface area contributed by atoms with Crippen molar-refractivity contribution in [3.05, 3.63) is 31.8 Å². The summed E-state index contributed by atoms with van der Waals surface area (Å²) in [7, 11) is 0. The minimum absolute atomic E-state index is 0.734. The molecule has 5 heteroatoms. The van der Waals surface area contributed by atoms with Crippen LogP contribution in [0.4, 0.5) is 0 Å². The van der Waals surface area contributed by atoms with E-state index in [1.165, 1.54) is 0 Å². The van der Waals surface area contributed by atoms with E-state index in [-0.39, 0.29) is 0 Å². The van der Waals surface area contributed by atoms with Crippen LogP contribution in [0.25, 0.3) is 10.6 Å². The third-order valence-electron chi connectivity index (χ3n) is 1.76. The first kappa shape index (κ1) is 10.3. The van der Waals surface area contributed by atoms with Crippen LogP contribution in [0.3, 0.4) is 0 Å². The highest BCUT2D eigenvalue weighted by molar-refractivity contribution is 14.1. The minimum atomic E-state index is 0.734. The van der Waals surface area contributed by atoms with Crippen LogP contribution in [-0.2, 0) is 0 Å². The minimum Gasteiger partial charge on any atom is -0.137 e. The zero-order chi connectivity index (χ0) is 10.1. The number of benzene rings is 1.